The van der Waals surface area contributed by atoms with Crippen LogP contribution in [0, 0.1) is 17.7 Å². The molecule has 0 fully saturated rings. The van der Waals surface area contributed by atoms with Crippen LogP contribution in [0.15, 0.2) is 16.5 Å². The second-order valence-electron chi connectivity index (χ2n) is 2.99. The fourth-order valence-electron chi connectivity index (χ4n) is 0.987. The van der Waals surface area contributed by atoms with Gasteiger partial charge in [0.2, 0.25) is 0 Å². The molecule has 0 unspecified atom stereocenters. The number of nitrogens with one attached hydrogen (secondary N) is 5. The van der Waals surface area contributed by atoms with Gasteiger partial charge in [0.15, 0.2) is 11.9 Å². The standard InChI is InChI=1S/C9H15N5O/c1-6-3-4-7(15-6)5-13-9(11)14-8(10)12-2/h3-4H,5H2,1-2H3,(H5,10,11,12,13,14). The summed E-state index contributed by atoms with van der Waals surface area (Å²) in [5.74, 6) is 1.73. The van der Waals surface area contributed by atoms with E-state index in [4.69, 9.17) is 15.2 Å². The summed E-state index contributed by atoms with van der Waals surface area (Å²) in [6, 6.07) is 3.71. The zero-order valence-corrected chi connectivity index (χ0v) is 8.77. The molecule has 0 aliphatic carbocycles. The van der Waals surface area contributed by atoms with E-state index in [1.54, 1.807) is 7.05 Å². The maximum Gasteiger partial charge on any atom is 0.195 e. The van der Waals surface area contributed by atoms with Crippen molar-refractivity contribution >= 4 is 11.9 Å². The van der Waals surface area contributed by atoms with Crippen molar-refractivity contribution in [1.29, 1.82) is 10.8 Å². The van der Waals surface area contributed by atoms with E-state index in [0.29, 0.717) is 6.54 Å². The Morgan fingerprint density at radius 2 is 2.07 bits per heavy atom. The van der Waals surface area contributed by atoms with Crippen molar-refractivity contribution < 1.29 is 4.42 Å². The van der Waals surface area contributed by atoms with E-state index in [1.165, 1.54) is 0 Å². The van der Waals surface area contributed by atoms with Gasteiger partial charge in [0.25, 0.3) is 0 Å². The highest BCUT2D eigenvalue weighted by Crippen LogP contribution is 2.04. The van der Waals surface area contributed by atoms with E-state index < -0.39 is 0 Å². The van der Waals surface area contributed by atoms with Crippen molar-refractivity contribution in [2.24, 2.45) is 0 Å². The smallest absolute Gasteiger partial charge is 0.195 e. The molecule has 0 bridgehead atoms. The molecular weight excluding hydrogens is 194 g/mol. The predicted octanol–water partition coefficient (Wildman–Crippen LogP) is 0.356. The molecule has 0 atom stereocenters. The van der Waals surface area contributed by atoms with E-state index in [-0.39, 0.29) is 11.9 Å². The van der Waals surface area contributed by atoms with Gasteiger partial charge in [0, 0.05) is 7.05 Å². The molecule has 0 amide bonds. The van der Waals surface area contributed by atoms with E-state index in [0.717, 1.165) is 11.5 Å². The molecule has 0 aliphatic rings. The number of aryl methyl sites for hydroxylation is 1. The van der Waals surface area contributed by atoms with Crippen molar-refractivity contribution in [3.05, 3.63) is 23.7 Å². The average molecular weight is 209 g/mol. The van der Waals surface area contributed by atoms with Crippen LogP contribution in [0.4, 0.5) is 0 Å². The molecule has 0 aliphatic heterocycles. The Hall–Kier alpha value is -1.98. The second-order valence-corrected chi connectivity index (χ2v) is 2.99. The van der Waals surface area contributed by atoms with Crippen molar-refractivity contribution in [1.82, 2.24) is 16.0 Å². The Kier molecular flexibility index (Phi) is 3.73. The summed E-state index contributed by atoms with van der Waals surface area (Å²) in [4.78, 5) is 0. The molecule has 82 valence electrons. The van der Waals surface area contributed by atoms with E-state index in [2.05, 4.69) is 16.0 Å². The van der Waals surface area contributed by atoms with Gasteiger partial charge in [-0.3, -0.25) is 16.1 Å². The molecule has 6 nitrogen and oxygen atoms in total. The largest absolute Gasteiger partial charge is 0.465 e. The van der Waals surface area contributed by atoms with Crippen molar-refractivity contribution in [3.8, 4) is 0 Å². The van der Waals surface area contributed by atoms with E-state index in [1.807, 2.05) is 19.1 Å². The second kappa shape index (κ2) is 5.04. The Morgan fingerprint density at radius 1 is 1.33 bits per heavy atom. The Bertz CT molecular complexity index is 357. The van der Waals surface area contributed by atoms with Crippen LogP contribution in [0.25, 0.3) is 0 Å². The molecular formula is C9H15N5O. The van der Waals surface area contributed by atoms with Crippen LogP contribution in [0.1, 0.15) is 11.5 Å². The lowest BCUT2D eigenvalue weighted by Gasteiger charge is -2.09. The van der Waals surface area contributed by atoms with E-state index in [9.17, 15) is 0 Å². The zero-order valence-electron chi connectivity index (χ0n) is 8.77. The highest BCUT2D eigenvalue weighted by molar-refractivity contribution is 5.95. The lowest BCUT2D eigenvalue weighted by Crippen LogP contribution is -2.44. The highest BCUT2D eigenvalue weighted by Gasteiger charge is 2.01. The van der Waals surface area contributed by atoms with Crippen LogP contribution in [-0.4, -0.2) is 19.0 Å². The summed E-state index contributed by atoms with van der Waals surface area (Å²) in [6.45, 7) is 2.29. The molecule has 5 N–H and O–H groups in total. The van der Waals surface area contributed by atoms with Gasteiger partial charge in [0.1, 0.15) is 11.5 Å². The molecule has 6 heteroatoms. The molecule has 0 spiro atoms. The van der Waals surface area contributed by atoms with Gasteiger partial charge in [0.05, 0.1) is 6.54 Å². The van der Waals surface area contributed by atoms with Crippen LogP contribution in [-0.2, 0) is 6.54 Å². The first kappa shape index (κ1) is 11.1. The summed E-state index contributed by atoms with van der Waals surface area (Å²) in [7, 11) is 1.61. The van der Waals surface area contributed by atoms with Gasteiger partial charge in [-0.1, -0.05) is 0 Å². The summed E-state index contributed by atoms with van der Waals surface area (Å²) >= 11 is 0. The first-order valence-corrected chi connectivity index (χ1v) is 4.53. The number of furan rings is 1. The lowest BCUT2D eigenvalue weighted by molar-refractivity contribution is 0.477. The molecule has 0 radical (unpaired) electrons. The van der Waals surface area contributed by atoms with Crippen molar-refractivity contribution in [3.63, 3.8) is 0 Å². The maximum absolute atomic E-state index is 7.43. The van der Waals surface area contributed by atoms with Gasteiger partial charge in [-0.25, -0.2) is 0 Å². The predicted molar refractivity (Wildman–Crippen MR) is 57.9 cm³/mol. The van der Waals surface area contributed by atoms with Gasteiger partial charge in [-0.05, 0) is 19.1 Å². The SMILES string of the molecule is CNC(=N)NC(=N)NCc1ccc(C)o1. The molecule has 0 saturated carbocycles. The van der Waals surface area contributed by atoms with Crippen LogP contribution < -0.4 is 16.0 Å². The van der Waals surface area contributed by atoms with E-state index >= 15 is 0 Å². The molecule has 1 heterocycles. The van der Waals surface area contributed by atoms with Gasteiger partial charge >= 0.3 is 0 Å². The van der Waals surface area contributed by atoms with Crippen LogP contribution in [0.3, 0.4) is 0 Å². The number of rotatable bonds is 2. The lowest BCUT2D eigenvalue weighted by atomic mass is 10.4. The van der Waals surface area contributed by atoms with Gasteiger partial charge < -0.3 is 15.1 Å². The third-order valence-corrected chi connectivity index (χ3v) is 1.74. The van der Waals surface area contributed by atoms with Crippen molar-refractivity contribution in [2.75, 3.05) is 7.05 Å². The Labute approximate surface area is 88.1 Å². The molecule has 0 saturated heterocycles. The monoisotopic (exact) mass is 209 g/mol. The number of guanidine groups is 2. The Morgan fingerprint density at radius 3 is 2.60 bits per heavy atom. The quantitative estimate of drug-likeness (QED) is 0.359. The maximum atomic E-state index is 7.43. The summed E-state index contributed by atoms with van der Waals surface area (Å²) in [6.07, 6.45) is 0. The first-order chi connectivity index (χ1) is 7.11. The highest BCUT2D eigenvalue weighted by atomic mass is 16.3. The molecule has 0 aromatic carbocycles. The number of hydrogen-bond donors (Lipinski definition) is 5. The van der Waals surface area contributed by atoms with Crippen LogP contribution >= 0.6 is 0 Å². The minimum absolute atomic E-state index is 0.0587. The molecule has 1 rings (SSSR count). The zero-order chi connectivity index (χ0) is 11.3. The summed E-state index contributed by atoms with van der Waals surface area (Å²) in [5.41, 5.74) is 0. The number of hydrogen-bond acceptors (Lipinski definition) is 3. The topological polar surface area (TPSA) is 96.9 Å². The minimum Gasteiger partial charge on any atom is -0.465 e. The van der Waals surface area contributed by atoms with Gasteiger partial charge in [-0.15, -0.1) is 0 Å². The summed E-state index contributed by atoms with van der Waals surface area (Å²) in [5, 5.41) is 22.5. The van der Waals surface area contributed by atoms with Gasteiger partial charge in [-0.2, -0.15) is 0 Å². The fourth-order valence-corrected chi connectivity index (χ4v) is 0.987. The van der Waals surface area contributed by atoms with Crippen molar-refractivity contribution in [2.45, 2.75) is 13.5 Å². The average Bonchev–Trinajstić information content (AvgIpc) is 2.61. The molecule has 1 aromatic heterocycles. The minimum atomic E-state index is 0.0587. The first-order valence-electron chi connectivity index (χ1n) is 4.53. The van der Waals surface area contributed by atoms with Crippen LogP contribution in [0.2, 0.25) is 0 Å². The Balaban J connectivity index is 2.31. The third kappa shape index (κ3) is 3.72. The fraction of sp³-hybridized carbons (Fsp3) is 0.333. The molecule has 1 aromatic rings. The van der Waals surface area contributed by atoms with Crippen LogP contribution in [0.5, 0.6) is 0 Å². The third-order valence-electron chi connectivity index (χ3n) is 1.74. The summed E-state index contributed by atoms with van der Waals surface area (Å²) < 4.78 is 5.31. The normalized spacial score (nSPS) is 9.47. The molecule has 15 heavy (non-hydrogen) atoms.